The minimum Gasteiger partial charge on any atom is -0.357 e. The fourth-order valence-electron chi connectivity index (χ4n) is 2.75. The Labute approximate surface area is 138 Å². The zero-order chi connectivity index (χ0) is 16.7. The summed E-state index contributed by atoms with van der Waals surface area (Å²) in [5, 5.41) is 11.9. The van der Waals surface area contributed by atoms with E-state index < -0.39 is 10.0 Å². The third-order valence-corrected chi connectivity index (χ3v) is 4.85. The molecule has 7 heteroatoms. The molecule has 0 saturated heterocycles. The van der Waals surface area contributed by atoms with Crippen molar-refractivity contribution in [2.75, 3.05) is 6.54 Å². The number of hydrogen-bond acceptors (Lipinski definition) is 3. The number of sulfonamides is 1. The minimum absolute atomic E-state index is 0.121. The quantitative estimate of drug-likeness (QED) is 0.562. The molecule has 0 spiro atoms. The molecule has 0 radical (unpaired) electrons. The number of guanidine groups is 1. The summed E-state index contributed by atoms with van der Waals surface area (Å²) in [6.45, 7) is 3.22. The van der Waals surface area contributed by atoms with E-state index in [1.54, 1.807) is 12.1 Å². The van der Waals surface area contributed by atoms with Gasteiger partial charge in [0.05, 0.1) is 11.4 Å². The van der Waals surface area contributed by atoms with E-state index in [0.717, 1.165) is 18.1 Å². The Kier molecular flexibility index (Phi) is 6.41. The molecule has 1 saturated carbocycles. The molecule has 128 valence electrons. The summed E-state index contributed by atoms with van der Waals surface area (Å²) in [7, 11) is -3.68. The first-order chi connectivity index (χ1) is 11.0. The first kappa shape index (κ1) is 17.7. The predicted molar refractivity (Wildman–Crippen MR) is 92.6 cm³/mol. The molecular formula is C16H26N4O2S. The Morgan fingerprint density at radius 1 is 1.30 bits per heavy atom. The normalized spacial score (nSPS) is 17.0. The Hall–Kier alpha value is -1.60. The van der Waals surface area contributed by atoms with Crippen LogP contribution in [-0.2, 0) is 16.6 Å². The van der Waals surface area contributed by atoms with Crippen molar-refractivity contribution in [3.63, 3.8) is 0 Å². The third kappa shape index (κ3) is 5.84. The first-order valence-corrected chi connectivity index (χ1v) is 9.70. The molecule has 23 heavy (non-hydrogen) atoms. The predicted octanol–water partition coefficient (Wildman–Crippen LogP) is 1.72. The average molecular weight is 338 g/mol. The van der Waals surface area contributed by atoms with Gasteiger partial charge < -0.3 is 10.6 Å². The van der Waals surface area contributed by atoms with E-state index in [0.29, 0.717) is 12.6 Å². The number of rotatable bonds is 5. The Morgan fingerprint density at radius 3 is 2.70 bits per heavy atom. The average Bonchev–Trinajstić information content (AvgIpc) is 2.53. The molecule has 0 atom stereocenters. The van der Waals surface area contributed by atoms with Gasteiger partial charge in [-0.05, 0) is 37.5 Å². The van der Waals surface area contributed by atoms with E-state index in [9.17, 15) is 8.42 Å². The Morgan fingerprint density at radius 2 is 2.04 bits per heavy atom. The fraction of sp³-hybridized carbons (Fsp3) is 0.562. The van der Waals surface area contributed by atoms with Gasteiger partial charge >= 0.3 is 0 Å². The lowest BCUT2D eigenvalue weighted by atomic mass is 9.96. The Balaban J connectivity index is 2.04. The first-order valence-electron chi connectivity index (χ1n) is 8.15. The molecule has 1 fully saturated rings. The summed E-state index contributed by atoms with van der Waals surface area (Å²) in [5.74, 6) is 0.778. The van der Waals surface area contributed by atoms with Gasteiger partial charge in [0.25, 0.3) is 0 Å². The molecule has 0 bridgehead atoms. The van der Waals surface area contributed by atoms with Crippen LogP contribution in [0.5, 0.6) is 0 Å². The maximum atomic E-state index is 11.4. The van der Waals surface area contributed by atoms with Crippen molar-refractivity contribution < 1.29 is 8.42 Å². The van der Waals surface area contributed by atoms with Gasteiger partial charge in [-0.2, -0.15) is 0 Å². The van der Waals surface area contributed by atoms with Crippen LogP contribution in [0.3, 0.4) is 0 Å². The topological polar surface area (TPSA) is 96.6 Å². The monoisotopic (exact) mass is 338 g/mol. The van der Waals surface area contributed by atoms with Crippen LogP contribution >= 0.6 is 0 Å². The van der Waals surface area contributed by atoms with Gasteiger partial charge in [-0.1, -0.05) is 31.4 Å². The van der Waals surface area contributed by atoms with Gasteiger partial charge in [0.2, 0.25) is 10.0 Å². The third-order valence-electron chi connectivity index (χ3n) is 3.94. The maximum absolute atomic E-state index is 11.4. The van der Waals surface area contributed by atoms with E-state index in [-0.39, 0.29) is 4.90 Å². The van der Waals surface area contributed by atoms with Crippen molar-refractivity contribution in [3.05, 3.63) is 29.8 Å². The molecule has 0 aliphatic heterocycles. The Bertz CT molecular complexity index is 637. The molecule has 2 rings (SSSR count). The summed E-state index contributed by atoms with van der Waals surface area (Å²) in [6.07, 6.45) is 6.17. The van der Waals surface area contributed by atoms with E-state index in [1.807, 2.05) is 13.0 Å². The van der Waals surface area contributed by atoms with Gasteiger partial charge in [-0.3, -0.25) is 0 Å². The van der Waals surface area contributed by atoms with Gasteiger partial charge in [0.1, 0.15) is 0 Å². The van der Waals surface area contributed by atoms with Crippen LogP contribution in [0.1, 0.15) is 44.6 Å². The van der Waals surface area contributed by atoms with Crippen molar-refractivity contribution in [3.8, 4) is 0 Å². The summed E-state index contributed by atoms with van der Waals surface area (Å²) in [6, 6.07) is 7.07. The number of benzene rings is 1. The van der Waals surface area contributed by atoms with Crippen LogP contribution < -0.4 is 15.8 Å². The van der Waals surface area contributed by atoms with Crippen molar-refractivity contribution >= 4 is 16.0 Å². The lowest BCUT2D eigenvalue weighted by Gasteiger charge is -2.24. The van der Waals surface area contributed by atoms with Crippen molar-refractivity contribution in [2.24, 2.45) is 10.1 Å². The molecule has 1 aliphatic carbocycles. The van der Waals surface area contributed by atoms with E-state index >= 15 is 0 Å². The lowest BCUT2D eigenvalue weighted by Crippen LogP contribution is -2.44. The van der Waals surface area contributed by atoms with E-state index in [1.165, 1.54) is 38.2 Å². The highest BCUT2D eigenvalue weighted by atomic mass is 32.2. The zero-order valence-corrected chi connectivity index (χ0v) is 14.4. The molecule has 0 unspecified atom stereocenters. The highest BCUT2D eigenvalue weighted by Crippen LogP contribution is 2.17. The van der Waals surface area contributed by atoms with Crippen LogP contribution in [0, 0.1) is 0 Å². The van der Waals surface area contributed by atoms with Gasteiger partial charge in [0.15, 0.2) is 5.96 Å². The van der Waals surface area contributed by atoms with Gasteiger partial charge in [0, 0.05) is 12.6 Å². The second-order valence-corrected chi connectivity index (χ2v) is 7.43. The molecule has 0 heterocycles. The number of aliphatic imine (C=N–C) groups is 1. The smallest absolute Gasteiger partial charge is 0.238 e. The van der Waals surface area contributed by atoms with Crippen LogP contribution in [0.2, 0.25) is 0 Å². The van der Waals surface area contributed by atoms with E-state index in [4.69, 9.17) is 5.14 Å². The molecule has 1 aromatic carbocycles. The molecule has 6 nitrogen and oxygen atoms in total. The standard InChI is InChI=1S/C16H26N4O2S/c1-2-18-16(20-14-8-4-3-5-9-14)19-12-13-7-6-10-15(11-13)23(17,21)22/h6-7,10-11,14H,2-5,8-9,12H2,1H3,(H2,17,21,22)(H2,18,19,20). The molecule has 1 aliphatic rings. The van der Waals surface area contributed by atoms with Crippen LogP contribution in [0.15, 0.2) is 34.2 Å². The van der Waals surface area contributed by atoms with Gasteiger partial charge in [-0.25, -0.2) is 18.5 Å². The highest BCUT2D eigenvalue weighted by Gasteiger charge is 2.14. The van der Waals surface area contributed by atoms with Crippen molar-refractivity contribution in [1.29, 1.82) is 0 Å². The van der Waals surface area contributed by atoms with E-state index in [2.05, 4.69) is 15.6 Å². The number of hydrogen-bond donors (Lipinski definition) is 3. The number of primary sulfonamides is 1. The molecular weight excluding hydrogens is 312 g/mol. The maximum Gasteiger partial charge on any atom is 0.238 e. The SMILES string of the molecule is CCNC(=NCc1cccc(S(N)(=O)=O)c1)NC1CCCCC1. The number of nitrogens with one attached hydrogen (secondary N) is 2. The minimum atomic E-state index is -3.68. The number of nitrogens with zero attached hydrogens (tertiary/aromatic N) is 1. The summed E-state index contributed by atoms with van der Waals surface area (Å²) >= 11 is 0. The summed E-state index contributed by atoms with van der Waals surface area (Å²) < 4.78 is 22.8. The fourth-order valence-corrected chi connectivity index (χ4v) is 3.34. The van der Waals surface area contributed by atoms with Crippen LogP contribution in [0.4, 0.5) is 0 Å². The summed E-state index contributed by atoms with van der Waals surface area (Å²) in [4.78, 5) is 4.68. The second-order valence-electron chi connectivity index (χ2n) is 5.87. The van der Waals surface area contributed by atoms with Crippen LogP contribution in [-0.4, -0.2) is 27.0 Å². The van der Waals surface area contributed by atoms with Crippen molar-refractivity contribution in [2.45, 2.75) is 56.5 Å². The van der Waals surface area contributed by atoms with Crippen LogP contribution in [0.25, 0.3) is 0 Å². The lowest BCUT2D eigenvalue weighted by molar-refractivity contribution is 0.410. The van der Waals surface area contributed by atoms with Gasteiger partial charge in [-0.15, -0.1) is 0 Å². The molecule has 0 amide bonds. The second kappa shape index (κ2) is 8.31. The number of nitrogens with two attached hydrogens (primary N) is 1. The van der Waals surface area contributed by atoms with Crippen molar-refractivity contribution in [1.82, 2.24) is 10.6 Å². The summed E-state index contributed by atoms with van der Waals surface area (Å²) in [5.41, 5.74) is 0.817. The largest absolute Gasteiger partial charge is 0.357 e. The molecule has 4 N–H and O–H groups in total. The zero-order valence-electron chi connectivity index (χ0n) is 13.6. The molecule has 0 aromatic heterocycles. The highest BCUT2D eigenvalue weighted by molar-refractivity contribution is 7.89. The molecule has 1 aromatic rings.